The van der Waals surface area contributed by atoms with Crippen LogP contribution < -0.4 is 0 Å². The zero-order valence-corrected chi connectivity index (χ0v) is 18.5. The number of aliphatic hydroxyl groups excluding tert-OH is 1. The number of phenols is 2. The van der Waals surface area contributed by atoms with E-state index in [2.05, 4.69) is 0 Å². The summed E-state index contributed by atoms with van der Waals surface area (Å²) in [6.45, 7) is 2.58. The first-order valence-electron chi connectivity index (χ1n) is 11.1. The molecule has 0 aliphatic carbocycles. The van der Waals surface area contributed by atoms with Gasteiger partial charge in [-0.2, -0.15) is 0 Å². The minimum absolute atomic E-state index is 0.0137. The van der Waals surface area contributed by atoms with Crippen LogP contribution in [0.2, 0.25) is 0 Å². The third-order valence-electron chi connectivity index (χ3n) is 6.74. The molecule has 3 aromatic carbocycles. The Labute approximate surface area is 193 Å². The van der Waals surface area contributed by atoms with E-state index in [4.69, 9.17) is 0 Å². The number of carbonyl (C=O) groups is 1. The molecule has 6 nitrogen and oxygen atoms in total. The highest BCUT2D eigenvalue weighted by Gasteiger charge is 2.48. The highest BCUT2D eigenvalue weighted by molar-refractivity contribution is 5.99. The van der Waals surface area contributed by atoms with Crippen LogP contribution in [0.1, 0.15) is 40.9 Å². The van der Waals surface area contributed by atoms with Crippen molar-refractivity contribution in [1.29, 1.82) is 0 Å². The average molecular weight is 448 g/mol. The van der Waals surface area contributed by atoms with Crippen LogP contribution in [-0.2, 0) is 5.60 Å². The van der Waals surface area contributed by atoms with Crippen molar-refractivity contribution < 1.29 is 25.2 Å². The molecule has 172 valence electrons. The predicted molar refractivity (Wildman–Crippen MR) is 125 cm³/mol. The van der Waals surface area contributed by atoms with Crippen molar-refractivity contribution in [3.63, 3.8) is 0 Å². The molecular formula is C27H29NO5. The van der Waals surface area contributed by atoms with Crippen molar-refractivity contribution >= 4 is 5.78 Å². The molecule has 3 aromatic rings. The van der Waals surface area contributed by atoms with Crippen molar-refractivity contribution in [2.24, 2.45) is 5.92 Å². The number of phenolic OH excluding ortho intramolecular Hbond substituents is 2. The van der Waals surface area contributed by atoms with E-state index in [1.807, 2.05) is 42.2 Å². The summed E-state index contributed by atoms with van der Waals surface area (Å²) >= 11 is 0. The Morgan fingerprint density at radius 1 is 0.970 bits per heavy atom. The third kappa shape index (κ3) is 4.64. The Morgan fingerprint density at radius 3 is 2.30 bits per heavy atom. The fraction of sp³-hybridized carbons (Fsp3) is 0.296. The van der Waals surface area contributed by atoms with Crippen molar-refractivity contribution in [2.75, 3.05) is 13.1 Å². The Hall–Kier alpha value is -3.19. The number of benzene rings is 3. The molecule has 1 aliphatic rings. The van der Waals surface area contributed by atoms with Crippen molar-refractivity contribution in [1.82, 2.24) is 4.90 Å². The zero-order valence-electron chi connectivity index (χ0n) is 18.5. The van der Waals surface area contributed by atoms with Crippen LogP contribution >= 0.6 is 0 Å². The molecular weight excluding hydrogens is 418 g/mol. The summed E-state index contributed by atoms with van der Waals surface area (Å²) in [5, 5.41) is 42.6. The molecule has 4 rings (SSSR count). The highest BCUT2D eigenvalue weighted by atomic mass is 16.3. The fourth-order valence-electron chi connectivity index (χ4n) is 4.74. The molecule has 0 radical (unpaired) electrons. The number of Topliss-reactive ketones (excluding diaryl/α,β-unsaturated/α-hetero) is 1. The standard InChI is InChI=1S/C27H29NO5/c1-18(25(31)19-7-3-2-4-8-19)28-14-13-27(33,21-10-6-12-23(30)16-21)24(17-28)26(32)20-9-5-11-22(29)15-20/h2-12,15-16,18,24-25,29-31,33H,13-14,17H2,1H3. The summed E-state index contributed by atoms with van der Waals surface area (Å²) in [4.78, 5) is 15.6. The lowest BCUT2D eigenvalue weighted by atomic mass is 9.72. The van der Waals surface area contributed by atoms with Gasteiger partial charge in [-0.05, 0) is 48.7 Å². The quantitative estimate of drug-likeness (QED) is 0.431. The Bertz CT molecular complexity index is 1120. The van der Waals surface area contributed by atoms with Gasteiger partial charge in [-0.15, -0.1) is 0 Å². The van der Waals surface area contributed by atoms with Crippen LogP contribution in [0.4, 0.5) is 0 Å². The van der Waals surface area contributed by atoms with Crippen LogP contribution in [0.25, 0.3) is 0 Å². The number of aromatic hydroxyl groups is 2. The van der Waals surface area contributed by atoms with E-state index >= 15 is 0 Å². The Morgan fingerprint density at radius 2 is 1.64 bits per heavy atom. The maximum absolute atomic E-state index is 13.6. The number of hydrogen-bond donors (Lipinski definition) is 4. The van der Waals surface area contributed by atoms with Crippen molar-refractivity contribution in [3.05, 3.63) is 95.6 Å². The monoisotopic (exact) mass is 447 g/mol. The average Bonchev–Trinajstić information content (AvgIpc) is 2.83. The fourth-order valence-corrected chi connectivity index (χ4v) is 4.74. The van der Waals surface area contributed by atoms with Crippen LogP contribution in [0.15, 0.2) is 78.9 Å². The second-order valence-corrected chi connectivity index (χ2v) is 8.78. The van der Waals surface area contributed by atoms with Crippen molar-refractivity contribution in [2.45, 2.75) is 31.1 Å². The van der Waals surface area contributed by atoms with E-state index < -0.39 is 17.6 Å². The van der Waals surface area contributed by atoms with E-state index in [-0.39, 0.29) is 36.3 Å². The number of piperidine rings is 1. The molecule has 4 N–H and O–H groups in total. The van der Waals surface area contributed by atoms with Gasteiger partial charge < -0.3 is 20.4 Å². The molecule has 6 heteroatoms. The van der Waals surface area contributed by atoms with Gasteiger partial charge >= 0.3 is 0 Å². The predicted octanol–water partition coefficient (Wildman–Crippen LogP) is 3.61. The lowest BCUT2D eigenvalue weighted by molar-refractivity contribution is -0.0824. The first kappa shape index (κ1) is 23.0. The molecule has 1 aliphatic heterocycles. The Balaban J connectivity index is 1.68. The molecule has 0 saturated carbocycles. The third-order valence-corrected chi connectivity index (χ3v) is 6.74. The molecule has 1 heterocycles. The number of nitrogens with zero attached hydrogens (tertiary/aromatic N) is 1. The minimum Gasteiger partial charge on any atom is -0.508 e. The van der Waals surface area contributed by atoms with Gasteiger partial charge in [0.1, 0.15) is 17.1 Å². The summed E-state index contributed by atoms with van der Waals surface area (Å²) in [5.41, 5.74) is 0.0538. The van der Waals surface area contributed by atoms with Gasteiger partial charge in [-0.25, -0.2) is 0 Å². The molecule has 33 heavy (non-hydrogen) atoms. The van der Waals surface area contributed by atoms with E-state index in [9.17, 15) is 25.2 Å². The number of carbonyl (C=O) groups excluding carboxylic acids is 1. The number of ketones is 1. The van der Waals surface area contributed by atoms with Crippen LogP contribution in [-0.4, -0.2) is 50.2 Å². The minimum atomic E-state index is -1.50. The highest BCUT2D eigenvalue weighted by Crippen LogP contribution is 2.41. The summed E-state index contributed by atoms with van der Waals surface area (Å²) in [7, 11) is 0. The lowest BCUT2D eigenvalue weighted by Crippen LogP contribution is -2.56. The van der Waals surface area contributed by atoms with Crippen molar-refractivity contribution in [3.8, 4) is 11.5 Å². The second kappa shape index (κ2) is 9.35. The number of hydrogen-bond acceptors (Lipinski definition) is 6. The second-order valence-electron chi connectivity index (χ2n) is 8.78. The summed E-state index contributed by atoms with van der Waals surface area (Å²) in [6.07, 6.45) is -0.507. The topological polar surface area (TPSA) is 101 Å². The van der Waals surface area contributed by atoms with Gasteiger partial charge in [0.2, 0.25) is 0 Å². The largest absolute Gasteiger partial charge is 0.508 e. The number of rotatable bonds is 6. The summed E-state index contributed by atoms with van der Waals surface area (Å²) in [6, 6.07) is 21.5. The molecule has 1 fully saturated rings. The summed E-state index contributed by atoms with van der Waals surface area (Å²) < 4.78 is 0. The maximum atomic E-state index is 13.6. The Kier molecular flexibility index (Phi) is 6.51. The van der Waals surface area contributed by atoms with E-state index in [0.717, 1.165) is 5.56 Å². The molecule has 0 spiro atoms. The van der Waals surface area contributed by atoms with Gasteiger partial charge in [0.25, 0.3) is 0 Å². The number of aliphatic hydroxyl groups is 2. The van der Waals surface area contributed by atoms with Gasteiger partial charge in [-0.1, -0.05) is 54.6 Å². The van der Waals surface area contributed by atoms with Crippen LogP contribution in [0, 0.1) is 5.92 Å². The zero-order chi connectivity index (χ0) is 23.6. The molecule has 0 bridgehead atoms. The van der Waals surface area contributed by atoms with Crippen LogP contribution in [0.5, 0.6) is 11.5 Å². The summed E-state index contributed by atoms with van der Waals surface area (Å²) in [5.74, 6) is -1.18. The SMILES string of the molecule is CC(C(O)c1ccccc1)N1CCC(O)(c2cccc(O)c2)C(C(=O)c2cccc(O)c2)C1. The van der Waals surface area contributed by atoms with E-state index in [1.165, 1.54) is 24.3 Å². The van der Waals surface area contributed by atoms with Crippen LogP contribution in [0.3, 0.4) is 0 Å². The van der Waals surface area contributed by atoms with Gasteiger partial charge in [0, 0.05) is 24.7 Å². The normalized spacial score (nSPS) is 23.1. The first-order chi connectivity index (χ1) is 15.8. The molecule has 4 unspecified atom stereocenters. The number of likely N-dealkylation sites (tertiary alicyclic amines) is 1. The molecule has 0 amide bonds. The molecule has 4 atom stereocenters. The van der Waals surface area contributed by atoms with Gasteiger partial charge in [0.05, 0.1) is 12.0 Å². The van der Waals surface area contributed by atoms with E-state index in [1.54, 1.807) is 24.3 Å². The lowest BCUT2D eigenvalue weighted by Gasteiger charge is -2.47. The molecule has 0 aromatic heterocycles. The first-order valence-corrected chi connectivity index (χ1v) is 11.1. The van der Waals surface area contributed by atoms with Gasteiger partial charge in [-0.3, -0.25) is 9.69 Å². The maximum Gasteiger partial charge on any atom is 0.170 e. The molecule has 1 saturated heterocycles. The smallest absolute Gasteiger partial charge is 0.170 e. The van der Waals surface area contributed by atoms with Gasteiger partial charge in [0.15, 0.2) is 5.78 Å². The van der Waals surface area contributed by atoms with E-state index in [0.29, 0.717) is 17.7 Å².